The van der Waals surface area contributed by atoms with Crippen molar-refractivity contribution >= 4 is 35.6 Å². The lowest BCUT2D eigenvalue weighted by molar-refractivity contribution is 0.297. The lowest BCUT2D eigenvalue weighted by Crippen LogP contribution is -2.33. The maximum atomic E-state index is 5.71. The minimum Gasteiger partial charge on any atom is -0.490 e. The number of aryl methyl sites for hydroxylation is 1. The fourth-order valence-corrected chi connectivity index (χ4v) is 2.44. The van der Waals surface area contributed by atoms with Crippen LogP contribution in [-0.4, -0.2) is 42.5 Å². The van der Waals surface area contributed by atoms with E-state index in [0.29, 0.717) is 19.2 Å². The van der Waals surface area contributed by atoms with Gasteiger partial charge in [-0.1, -0.05) is 0 Å². The minimum atomic E-state index is 0. The standard InChI is InChI=1S/C17H23N5O2.HI/c1-13-11-20-22(12-13)7-6-19-17(18-2)21-14-4-5-15-16(10-14)24-9-3-8-23-15;/h4-5,10-12H,3,6-9H2,1-2H3,(H2,18,19,21);1H. The Labute approximate surface area is 164 Å². The quantitative estimate of drug-likeness (QED) is 0.420. The van der Waals surface area contributed by atoms with Crippen LogP contribution in [-0.2, 0) is 6.54 Å². The van der Waals surface area contributed by atoms with Gasteiger partial charge in [-0.2, -0.15) is 5.10 Å². The molecule has 0 saturated carbocycles. The molecule has 0 amide bonds. The first kappa shape index (κ1) is 19.4. The summed E-state index contributed by atoms with van der Waals surface area (Å²) < 4.78 is 13.3. The lowest BCUT2D eigenvalue weighted by Gasteiger charge is -2.14. The summed E-state index contributed by atoms with van der Waals surface area (Å²) in [6, 6.07) is 5.81. The van der Waals surface area contributed by atoms with E-state index in [1.54, 1.807) is 7.05 Å². The van der Waals surface area contributed by atoms with E-state index >= 15 is 0 Å². The molecular weight excluding hydrogens is 433 g/mol. The van der Waals surface area contributed by atoms with Crippen molar-refractivity contribution < 1.29 is 9.47 Å². The molecule has 7 nitrogen and oxygen atoms in total. The fourth-order valence-electron chi connectivity index (χ4n) is 2.44. The first-order valence-corrected chi connectivity index (χ1v) is 8.11. The van der Waals surface area contributed by atoms with Crippen LogP contribution >= 0.6 is 24.0 Å². The minimum absolute atomic E-state index is 0. The van der Waals surface area contributed by atoms with E-state index in [2.05, 4.69) is 20.7 Å². The number of nitrogens with zero attached hydrogens (tertiary/aromatic N) is 3. The highest BCUT2D eigenvalue weighted by atomic mass is 127. The highest BCUT2D eigenvalue weighted by molar-refractivity contribution is 14.0. The second-order valence-corrected chi connectivity index (χ2v) is 5.62. The maximum absolute atomic E-state index is 5.71. The number of rotatable bonds is 4. The molecule has 25 heavy (non-hydrogen) atoms. The summed E-state index contributed by atoms with van der Waals surface area (Å²) in [5.74, 6) is 2.25. The van der Waals surface area contributed by atoms with Crippen molar-refractivity contribution in [2.45, 2.75) is 19.9 Å². The molecule has 8 heteroatoms. The fraction of sp³-hybridized carbons (Fsp3) is 0.412. The van der Waals surface area contributed by atoms with E-state index in [0.717, 1.165) is 42.3 Å². The summed E-state index contributed by atoms with van der Waals surface area (Å²) in [6.45, 7) is 4.89. The average molecular weight is 457 g/mol. The molecule has 0 fully saturated rings. The smallest absolute Gasteiger partial charge is 0.195 e. The zero-order chi connectivity index (χ0) is 16.8. The Morgan fingerprint density at radius 1 is 1.28 bits per heavy atom. The zero-order valence-corrected chi connectivity index (χ0v) is 16.8. The number of aromatic nitrogens is 2. The predicted octanol–water partition coefficient (Wildman–Crippen LogP) is 2.66. The average Bonchev–Trinajstić information content (AvgIpc) is 2.86. The van der Waals surface area contributed by atoms with Crippen LogP contribution in [0.1, 0.15) is 12.0 Å². The van der Waals surface area contributed by atoms with Crippen LogP contribution in [0, 0.1) is 6.92 Å². The number of halogens is 1. The van der Waals surface area contributed by atoms with Crippen molar-refractivity contribution in [1.29, 1.82) is 0 Å². The van der Waals surface area contributed by atoms with E-state index in [1.807, 2.05) is 42.2 Å². The van der Waals surface area contributed by atoms with Crippen LogP contribution in [0.4, 0.5) is 5.69 Å². The summed E-state index contributed by atoms with van der Waals surface area (Å²) >= 11 is 0. The topological polar surface area (TPSA) is 72.7 Å². The van der Waals surface area contributed by atoms with Gasteiger partial charge in [-0.15, -0.1) is 24.0 Å². The number of nitrogens with one attached hydrogen (secondary N) is 2. The van der Waals surface area contributed by atoms with Crippen LogP contribution in [0.3, 0.4) is 0 Å². The van der Waals surface area contributed by atoms with E-state index < -0.39 is 0 Å². The van der Waals surface area contributed by atoms with Crippen molar-refractivity contribution in [3.63, 3.8) is 0 Å². The summed E-state index contributed by atoms with van der Waals surface area (Å²) in [7, 11) is 1.75. The Bertz CT molecular complexity index is 717. The Hall–Kier alpha value is -1.97. The number of anilines is 1. The van der Waals surface area contributed by atoms with Gasteiger partial charge in [0.15, 0.2) is 17.5 Å². The molecule has 2 aromatic rings. The molecule has 0 unspecified atom stereocenters. The molecule has 2 heterocycles. The van der Waals surface area contributed by atoms with Crippen LogP contribution in [0.15, 0.2) is 35.6 Å². The maximum Gasteiger partial charge on any atom is 0.195 e. The molecule has 0 spiro atoms. The van der Waals surface area contributed by atoms with Crippen LogP contribution in [0.2, 0.25) is 0 Å². The molecule has 0 saturated heterocycles. The second-order valence-electron chi connectivity index (χ2n) is 5.62. The molecule has 1 aliphatic rings. The van der Waals surface area contributed by atoms with Gasteiger partial charge in [0, 0.05) is 38.0 Å². The molecule has 2 N–H and O–H groups in total. The van der Waals surface area contributed by atoms with E-state index in [-0.39, 0.29) is 24.0 Å². The first-order chi connectivity index (χ1) is 11.7. The number of benzene rings is 1. The van der Waals surface area contributed by atoms with E-state index in [4.69, 9.17) is 9.47 Å². The summed E-state index contributed by atoms with van der Waals surface area (Å²) in [4.78, 5) is 4.24. The monoisotopic (exact) mass is 457 g/mol. The van der Waals surface area contributed by atoms with Gasteiger partial charge >= 0.3 is 0 Å². The van der Waals surface area contributed by atoms with Gasteiger partial charge < -0.3 is 20.1 Å². The van der Waals surface area contributed by atoms with E-state index in [1.165, 1.54) is 0 Å². The van der Waals surface area contributed by atoms with Gasteiger partial charge in [0.05, 0.1) is 26.0 Å². The Morgan fingerprint density at radius 3 is 2.80 bits per heavy atom. The third-order valence-electron chi connectivity index (χ3n) is 3.63. The second kappa shape index (κ2) is 9.50. The van der Waals surface area contributed by atoms with E-state index in [9.17, 15) is 0 Å². The number of aliphatic imine (C=N–C) groups is 1. The molecule has 0 aliphatic carbocycles. The van der Waals surface area contributed by atoms with Crippen LogP contribution in [0.25, 0.3) is 0 Å². The SMILES string of the molecule is CN=C(NCCn1cc(C)cn1)Nc1ccc2c(c1)OCCCO2.I. The summed E-state index contributed by atoms with van der Waals surface area (Å²) in [6.07, 6.45) is 4.76. The first-order valence-electron chi connectivity index (χ1n) is 8.11. The van der Waals surface area contributed by atoms with Crippen molar-refractivity contribution in [3.8, 4) is 11.5 Å². The highest BCUT2D eigenvalue weighted by Gasteiger charge is 2.11. The van der Waals surface area contributed by atoms with Crippen molar-refractivity contribution in [1.82, 2.24) is 15.1 Å². The van der Waals surface area contributed by atoms with Gasteiger partial charge in [0.2, 0.25) is 0 Å². The number of hydrogen-bond acceptors (Lipinski definition) is 4. The van der Waals surface area contributed by atoms with Gasteiger partial charge in [-0.25, -0.2) is 0 Å². The largest absolute Gasteiger partial charge is 0.490 e. The third-order valence-corrected chi connectivity index (χ3v) is 3.63. The van der Waals surface area contributed by atoms with Gasteiger partial charge in [-0.3, -0.25) is 9.67 Å². The number of fused-ring (bicyclic) bond motifs is 1. The molecule has 1 aromatic heterocycles. The third kappa shape index (κ3) is 5.52. The molecule has 1 aromatic carbocycles. The van der Waals surface area contributed by atoms with Gasteiger partial charge in [-0.05, 0) is 24.6 Å². The number of guanidine groups is 1. The van der Waals surface area contributed by atoms with Crippen molar-refractivity contribution in [2.75, 3.05) is 32.1 Å². The summed E-state index contributed by atoms with van der Waals surface area (Å²) in [5, 5.41) is 10.8. The Morgan fingerprint density at radius 2 is 2.08 bits per heavy atom. The highest BCUT2D eigenvalue weighted by Crippen LogP contribution is 2.32. The molecule has 3 rings (SSSR count). The molecule has 0 bridgehead atoms. The Kier molecular flexibility index (Phi) is 7.35. The normalized spacial score (nSPS) is 13.6. The molecule has 136 valence electrons. The Balaban J connectivity index is 0.00000225. The molecule has 1 aliphatic heterocycles. The summed E-state index contributed by atoms with van der Waals surface area (Å²) in [5.41, 5.74) is 2.06. The van der Waals surface area contributed by atoms with Crippen molar-refractivity contribution in [2.24, 2.45) is 4.99 Å². The molecule has 0 radical (unpaired) electrons. The van der Waals surface area contributed by atoms with Crippen LogP contribution in [0.5, 0.6) is 11.5 Å². The number of ether oxygens (including phenoxy) is 2. The predicted molar refractivity (Wildman–Crippen MR) is 109 cm³/mol. The molecule has 0 atom stereocenters. The lowest BCUT2D eigenvalue weighted by atomic mass is 10.3. The van der Waals surface area contributed by atoms with Gasteiger partial charge in [0.1, 0.15) is 0 Å². The number of hydrogen-bond donors (Lipinski definition) is 2. The van der Waals surface area contributed by atoms with Crippen molar-refractivity contribution in [3.05, 3.63) is 36.2 Å². The van der Waals surface area contributed by atoms with Crippen LogP contribution < -0.4 is 20.1 Å². The van der Waals surface area contributed by atoms with Gasteiger partial charge in [0.25, 0.3) is 0 Å². The molecular formula is C17H24IN5O2. The zero-order valence-electron chi connectivity index (χ0n) is 14.5.